The van der Waals surface area contributed by atoms with E-state index in [4.69, 9.17) is 0 Å². The van der Waals surface area contributed by atoms with Gasteiger partial charge >= 0.3 is 0 Å². The van der Waals surface area contributed by atoms with Gasteiger partial charge in [-0.05, 0) is 43.9 Å². The summed E-state index contributed by atoms with van der Waals surface area (Å²) in [5.74, 6) is 3.64. The molecule has 0 saturated heterocycles. The van der Waals surface area contributed by atoms with Crippen molar-refractivity contribution in [3.05, 3.63) is 11.9 Å². The van der Waals surface area contributed by atoms with Crippen LogP contribution in [0.1, 0.15) is 123 Å². The lowest BCUT2D eigenvalue weighted by Crippen LogP contribution is -2.02. The topological polar surface area (TPSA) is 0 Å². The second kappa shape index (κ2) is 17.6. The molecule has 0 radical (unpaired) electrons. The monoisotopic (exact) mass is 366 g/mol. The minimum atomic E-state index is 0.185. The Bertz CT molecular complexity index is 274. The summed E-state index contributed by atoms with van der Waals surface area (Å²) in [5, 5.41) is 0. The summed E-state index contributed by atoms with van der Waals surface area (Å²) in [6.45, 7) is 4.63. The average molecular weight is 367 g/mol. The van der Waals surface area contributed by atoms with Gasteiger partial charge in [0, 0.05) is 0 Å². The van der Waals surface area contributed by atoms with Gasteiger partial charge in [0.15, 0.2) is 0 Å². The van der Waals surface area contributed by atoms with E-state index in [-0.39, 0.29) is 7.92 Å². The van der Waals surface area contributed by atoms with Crippen LogP contribution in [0, 0.1) is 5.92 Å². The van der Waals surface area contributed by atoms with Gasteiger partial charge in [-0.1, -0.05) is 117 Å². The van der Waals surface area contributed by atoms with E-state index < -0.39 is 0 Å². The highest BCUT2D eigenvalue weighted by molar-refractivity contribution is 7.60. The van der Waals surface area contributed by atoms with Crippen molar-refractivity contribution in [1.29, 1.82) is 0 Å². The highest BCUT2D eigenvalue weighted by atomic mass is 31.1. The van der Waals surface area contributed by atoms with Crippen molar-refractivity contribution < 1.29 is 0 Å². The summed E-state index contributed by atoms with van der Waals surface area (Å²) in [4.78, 5) is 0. The van der Waals surface area contributed by atoms with Crippen LogP contribution in [0.15, 0.2) is 11.9 Å². The van der Waals surface area contributed by atoms with Gasteiger partial charge in [-0.25, -0.2) is 0 Å². The van der Waals surface area contributed by atoms with E-state index in [9.17, 15) is 0 Å². The molecule has 0 aromatic rings. The first-order chi connectivity index (χ1) is 12.4. The van der Waals surface area contributed by atoms with E-state index in [0.717, 1.165) is 5.92 Å². The molecule has 1 rings (SSSR count). The van der Waals surface area contributed by atoms with Gasteiger partial charge in [0.2, 0.25) is 0 Å². The van der Waals surface area contributed by atoms with E-state index in [2.05, 4.69) is 25.7 Å². The van der Waals surface area contributed by atoms with Crippen molar-refractivity contribution in [3.63, 3.8) is 0 Å². The number of allylic oxidation sites excluding steroid dienone is 1. The second-order valence-electron chi connectivity index (χ2n) is 8.31. The van der Waals surface area contributed by atoms with Gasteiger partial charge in [0.25, 0.3) is 0 Å². The molecule has 1 aliphatic carbocycles. The first kappa shape index (κ1) is 23.2. The van der Waals surface area contributed by atoms with E-state index in [1.807, 2.05) is 0 Å². The molecule has 0 unspecified atom stereocenters. The largest absolute Gasteiger partial charge is 0.0836 e. The van der Waals surface area contributed by atoms with E-state index >= 15 is 0 Å². The zero-order valence-electron chi connectivity index (χ0n) is 17.6. The van der Waals surface area contributed by atoms with Crippen LogP contribution in [0.5, 0.6) is 0 Å². The molecule has 1 fully saturated rings. The molecular formula is C24H47P. The molecule has 0 atom stereocenters. The minimum Gasteiger partial charge on any atom is -0.0836 e. The molecule has 0 aromatic heterocycles. The first-order valence-electron chi connectivity index (χ1n) is 11.8. The van der Waals surface area contributed by atoms with Crippen molar-refractivity contribution in [2.45, 2.75) is 123 Å². The van der Waals surface area contributed by atoms with Gasteiger partial charge in [0.1, 0.15) is 0 Å². The molecule has 0 spiro atoms. The Morgan fingerprint density at radius 3 is 1.64 bits per heavy atom. The Balaban J connectivity index is 2.23. The molecule has 148 valence electrons. The Morgan fingerprint density at radius 2 is 1.12 bits per heavy atom. The van der Waals surface area contributed by atoms with Crippen molar-refractivity contribution in [1.82, 2.24) is 0 Å². The highest BCUT2D eigenvalue weighted by Crippen LogP contribution is 2.41. The minimum absolute atomic E-state index is 0.185. The molecule has 0 aliphatic heterocycles. The maximum atomic E-state index is 2.71. The second-order valence-corrected chi connectivity index (χ2v) is 10.7. The molecule has 1 saturated carbocycles. The van der Waals surface area contributed by atoms with Crippen LogP contribution in [-0.2, 0) is 0 Å². The molecule has 0 aromatic carbocycles. The molecular weight excluding hydrogens is 319 g/mol. The van der Waals surface area contributed by atoms with E-state index in [1.165, 1.54) is 121 Å². The zero-order valence-corrected chi connectivity index (χ0v) is 18.5. The molecule has 0 heterocycles. The first-order valence-corrected chi connectivity index (χ1v) is 13.6. The lowest BCUT2D eigenvalue weighted by atomic mass is 9.90. The van der Waals surface area contributed by atoms with Crippen LogP contribution in [-0.4, -0.2) is 12.3 Å². The van der Waals surface area contributed by atoms with Crippen LogP contribution < -0.4 is 0 Å². The van der Waals surface area contributed by atoms with Gasteiger partial charge in [0.05, 0.1) is 0 Å². The highest BCUT2D eigenvalue weighted by Gasteiger charge is 2.11. The Kier molecular flexibility index (Phi) is 16.3. The molecule has 1 aliphatic rings. The summed E-state index contributed by atoms with van der Waals surface area (Å²) >= 11 is 0. The fourth-order valence-electron chi connectivity index (χ4n) is 4.02. The molecule has 0 nitrogen and oxygen atoms in total. The Morgan fingerprint density at radius 1 is 0.640 bits per heavy atom. The van der Waals surface area contributed by atoms with Gasteiger partial charge in [-0.3, -0.25) is 0 Å². The van der Waals surface area contributed by atoms with Crippen LogP contribution in [0.4, 0.5) is 0 Å². The number of hydrogen-bond acceptors (Lipinski definition) is 0. The lowest BCUT2D eigenvalue weighted by Gasteiger charge is -2.20. The maximum Gasteiger partial charge on any atom is -0.0230 e. The van der Waals surface area contributed by atoms with Crippen LogP contribution in [0.3, 0.4) is 0 Å². The van der Waals surface area contributed by atoms with E-state index in [0.29, 0.717) is 0 Å². The third-order valence-corrected chi connectivity index (χ3v) is 8.19. The maximum absolute atomic E-state index is 2.71. The van der Waals surface area contributed by atoms with Crippen molar-refractivity contribution in [2.24, 2.45) is 5.92 Å². The molecule has 25 heavy (non-hydrogen) atoms. The predicted molar refractivity (Wildman–Crippen MR) is 119 cm³/mol. The summed E-state index contributed by atoms with van der Waals surface area (Å²) in [6, 6.07) is 0. The van der Waals surface area contributed by atoms with Crippen LogP contribution >= 0.6 is 7.92 Å². The fourth-order valence-corrected chi connectivity index (χ4v) is 6.29. The summed E-state index contributed by atoms with van der Waals surface area (Å²) < 4.78 is 0. The fraction of sp³-hybridized carbons (Fsp3) is 0.917. The summed E-state index contributed by atoms with van der Waals surface area (Å²) in [6.07, 6.45) is 30.5. The van der Waals surface area contributed by atoms with Gasteiger partial charge in [-0.2, -0.15) is 0 Å². The van der Waals surface area contributed by atoms with Gasteiger partial charge in [-0.15, -0.1) is 0 Å². The summed E-state index contributed by atoms with van der Waals surface area (Å²) in [7, 11) is 0.185. The zero-order chi connectivity index (χ0) is 18.0. The molecule has 0 N–H and O–H groups in total. The molecule has 1 heteroatoms. The summed E-state index contributed by atoms with van der Waals surface area (Å²) in [5.41, 5.74) is 0. The SMILES string of the molecule is CCCCCCCCP(/C=C/C1CCCCC1)CCCCCCCC. The normalized spacial score (nSPS) is 16.3. The standard InChI is InChI=1S/C24H47P/c1-3-5-7-9-11-16-21-25(22-17-12-10-8-6-4-2)23-20-24-18-14-13-15-19-24/h20,23-24H,3-19,21-22H2,1-2H3/b23-20+. The van der Waals surface area contributed by atoms with Crippen molar-refractivity contribution >= 4 is 7.92 Å². The van der Waals surface area contributed by atoms with Gasteiger partial charge < -0.3 is 0 Å². The number of rotatable bonds is 16. The Labute approximate surface area is 161 Å². The lowest BCUT2D eigenvalue weighted by molar-refractivity contribution is 0.420. The Hall–Kier alpha value is 0.170. The quantitative estimate of drug-likeness (QED) is 0.188. The number of hydrogen-bond donors (Lipinski definition) is 0. The van der Waals surface area contributed by atoms with Crippen molar-refractivity contribution in [2.75, 3.05) is 12.3 Å². The number of unbranched alkanes of at least 4 members (excludes halogenated alkanes) is 10. The third-order valence-electron chi connectivity index (χ3n) is 5.82. The van der Waals surface area contributed by atoms with Crippen LogP contribution in [0.25, 0.3) is 0 Å². The smallest absolute Gasteiger partial charge is 0.0230 e. The third kappa shape index (κ3) is 14.0. The molecule has 0 bridgehead atoms. The van der Waals surface area contributed by atoms with E-state index in [1.54, 1.807) is 0 Å². The van der Waals surface area contributed by atoms with Crippen molar-refractivity contribution in [3.8, 4) is 0 Å². The predicted octanol–water partition coefficient (Wildman–Crippen LogP) is 9.28. The average Bonchev–Trinajstić information content (AvgIpc) is 2.65. The molecule has 0 amide bonds. The van der Waals surface area contributed by atoms with Crippen LogP contribution in [0.2, 0.25) is 0 Å².